The molecular weight excluding hydrogens is 590 g/mol. The molecule has 1 aliphatic carbocycles. The average molecular weight is 642 g/mol. The second-order valence-corrected chi connectivity index (χ2v) is 16.1. The summed E-state index contributed by atoms with van der Waals surface area (Å²) in [7, 11) is 0. The number of rotatable bonds is 4. The minimum absolute atomic E-state index is 0.150. The Morgan fingerprint density at radius 1 is 0.936 bits per heavy atom. The summed E-state index contributed by atoms with van der Waals surface area (Å²) >= 11 is 0. The number of aromatic hydroxyl groups is 1. The van der Waals surface area contributed by atoms with Gasteiger partial charge in [0.1, 0.15) is 11.4 Å². The lowest BCUT2D eigenvalue weighted by Crippen LogP contribution is -2.68. The number of carbonyl (C=O) groups is 1. The van der Waals surface area contributed by atoms with Crippen molar-refractivity contribution in [2.24, 2.45) is 5.41 Å². The van der Waals surface area contributed by atoms with Crippen molar-refractivity contribution < 1.29 is 14.6 Å². The highest BCUT2D eigenvalue weighted by atomic mass is 16.6. The number of likely N-dealkylation sites (tertiary alicyclic amines) is 3. The molecule has 47 heavy (non-hydrogen) atoms. The second-order valence-electron chi connectivity index (χ2n) is 16.1. The normalized spacial score (nSPS) is 25.1. The Bertz CT molecular complexity index is 1620. The monoisotopic (exact) mass is 641 g/mol. The molecule has 5 aliphatic rings. The summed E-state index contributed by atoms with van der Waals surface area (Å²) in [6.07, 6.45) is 8.32. The molecule has 0 radical (unpaired) electrons. The Kier molecular flexibility index (Phi) is 7.76. The highest BCUT2D eigenvalue weighted by Crippen LogP contribution is 2.51. The minimum Gasteiger partial charge on any atom is -0.507 e. The number of carbonyl (C=O) groups excluding carboxylic acids is 1. The Morgan fingerprint density at radius 2 is 1.60 bits per heavy atom. The molecule has 1 aromatic carbocycles. The van der Waals surface area contributed by atoms with E-state index in [2.05, 4.69) is 42.9 Å². The van der Waals surface area contributed by atoms with Gasteiger partial charge in [0.25, 0.3) is 0 Å². The zero-order valence-electron chi connectivity index (χ0n) is 28.5. The van der Waals surface area contributed by atoms with Crippen molar-refractivity contribution in [1.82, 2.24) is 34.8 Å². The van der Waals surface area contributed by atoms with Crippen molar-refractivity contribution in [2.45, 2.75) is 102 Å². The summed E-state index contributed by atoms with van der Waals surface area (Å²) in [6.45, 7) is 15.8. The van der Waals surface area contributed by atoms with Crippen LogP contribution in [0.3, 0.4) is 0 Å². The van der Waals surface area contributed by atoms with E-state index in [1.54, 1.807) is 6.07 Å². The number of hydrogen-bond acceptors (Lipinski definition) is 8. The summed E-state index contributed by atoms with van der Waals surface area (Å²) in [5.74, 6) is 0.232. The maximum Gasteiger partial charge on any atom is 0.410 e. The fourth-order valence-electron chi connectivity index (χ4n) is 9.53. The molecule has 1 saturated carbocycles. The number of nitrogens with one attached hydrogen (secondary N) is 1. The summed E-state index contributed by atoms with van der Waals surface area (Å²) in [6, 6.07) is 11.8. The third kappa shape index (κ3) is 5.80. The van der Waals surface area contributed by atoms with E-state index in [1.807, 2.05) is 43.9 Å². The zero-order valence-corrected chi connectivity index (χ0v) is 28.5. The van der Waals surface area contributed by atoms with Crippen LogP contribution in [-0.4, -0.2) is 116 Å². The Hall–Kier alpha value is -3.21. The number of amides is 1. The summed E-state index contributed by atoms with van der Waals surface area (Å²) in [5, 5.41) is 20.5. The van der Waals surface area contributed by atoms with Gasteiger partial charge in [-0.15, -0.1) is 10.2 Å². The predicted molar refractivity (Wildman–Crippen MR) is 182 cm³/mol. The van der Waals surface area contributed by atoms with Crippen LogP contribution in [0.4, 0.5) is 4.79 Å². The SMILES string of the molecule is C[C@H]1c2c([nH]c3nnc(-c4ccccc4O)cc23)CCN1C1CCN(C2CCN(C3CC4(C3)CN(C(=O)OC(C)(C)C)C4)CC2)CC1. The first kappa shape index (κ1) is 31.1. The van der Waals surface area contributed by atoms with Crippen molar-refractivity contribution in [1.29, 1.82) is 0 Å². The average Bonchev–Trinajstić information content (AvgIpc) is 3.38. The van der Waals surface area contributed by atoms with Crippen LogP contribution in [0.5, 0.6) is 5.75 Å². The van der Waals surface area contributed by atoms with Gasteiger partial charge in [-0.2, -0.15) is 0 Å². The number of ether oxygens (including phenoxy) is 1. The van der Waals surface area contributed by atoms with Crippen LogP contribution in [0, 0.1) is 5.41 Å². The molecule has 1 spiro atoms. The number of phenolic OH excluding ortho intramolecular Hbond substituents is 1. The van der Waals surface area contributed by atoms with Crippen LogP contribution in [0.15, 0.2) is 30.3 Å². The Labute approximate surface area is 278 Å². The smallest absolute Gasteiger partial charge is 0.410 e. The van der Waals surface area contributed by atoms with Crippen LogP contribution in [0.25, 0.3) is 22.3 Å². The fourth-order valence-corrected chi connectivity index (χ4v) is 9.53. The van der Waals surface area contributed by atoms with E-state index < -0.39 is 5.60 Å². The highest BCUT2D eigenvalue weighted by Gasteiger charge is 2.56. The number of hydrogen-bond donors (Lipinski definition) is 2. The van der Waals surface area contributed by atoms with Crippen LogP contribution in [-0.2, 0) is 11.2 Å². The predicted octanol–water partition coefficient (Wildman–Crippen LogP) is 5.58. The van der Waals surface area contributed by atoms with Crippen LogP contribution in [0.1, 0.15) is 83.5 Å². The molecule has 0 bridgehead atoms. The van der Waals surface area contributed by atoms with Crippen molar-refractivity contribution >= 4 is 17.1 Å². The number of benzene rings is 1. The number of para-hydroxylation sites is 1. The number of aromatic nitrogens is 3. The molecule has 4 aliphatic heterocycles. The third-order valence-electron chi connectivity index (χ3n) is 11.9. The van der Waals surface area contributed by atoms with E-state index in [1.165, 1.54) is 76.0 Å². The Morgan fingerprint density at radius 3 is 2.28 bits per heavy atom. The number of piperidine rings is 2. The lowest BCUT2D eigenvalue weighted by Gasteiger charge is -2.61. The van der Waals surface area contributed by atoms with E-state index in [4.69, 9.17) is 4.74 Å². The molecule has 4 fully saturated rings. The lowest BCUT2D eigenvalue weighted by atomic mass is 9.60. The molecule has 10 heteroatoms. The first-order valence-electron chi connectivity index (χ1n) is 17.9. The first-order chi connectivity index (χ1) is 22.6. The van der Waals surface area contributed by atoms with E-state index in [0.29, 0.717) is 35.3 Å². The maximum absolute atomic E-state index is 12.4. The van der Waals surface area contributed by atoms with Crippen molar-refractivity contribution in [3.63, 3.8) is 0 Å². The summed E-state index contributed by atoms with van der Waals surface area (Å²) in [4.78, 5) is 26.1. The van der Waals surface area contributed by atoms with Gasteiger partial charge >= 0.3 is 6.09 Å². The van der Waals surface area contributed by atoms with Crippen molar-refractivity contribution in [2.75, 3.05) is 45.8 Å². The van der Waals surface area contributed by atoms with Gasteiger partial charge < -0.3 is 29.5 Å². The molecule has 2 aromatic heterocycles. The number of nitrogens with zero attached hydrogens (tertiary/aromatic N) is 6. The molecule has 1 atom stereocenters. The molecule has 2 N–H and O–H groups in total. The molecular formula is C37H51N7O3. The standard InChI is InChI=1S/C37H51N7O3/c1-24-33-29-19-31(28-7-5-6-8-32(28)45)39-40-34(29)38-30(33)13-18-44(24)26-11-16-41(17-12-26)25-9-14-42(15-10-25)27-20-37(21-27)22-43(23-37)35(46)47-36(2,3)4/h5-8,19,24-27,45H,9-18,20-23H2,1-4H3,(H,38,40)/t24-/m0/s1. The molecule has 6 heterocycles. The van der Waals surface area contributed by atoms with E-state index in [0.717, 1.165) is 42.7 Å². The lowest BCUT2D eigenvalue weighted by molar-refractivity contribution is -0.113. The van der Waals surface area contributed by atoms with Crippen LogP contribution in [0.2, 0.25) is 0 Å². The molecule has 3 aromatic rings. The number of phenols is 1. The minimum atomic E-state index is -0.424. The van der Waals surface area contributed by atoms with E-state index >= 15 is 0 Å². The molecule has 0 unspecified atom stereocenters. The van der Waals surface area contributed by atoms with Gasteiger partial charge in [-0.05, 0) is 116 Å². The van der Waals surface area contributed by atoms with Gasteiger partial charge in [0, 0.05) is 72.3 Å². The molecule has 3 saturated heterocycles. The van der Waals surface area contributed by atoms with Gasteiger partial charge in [0.15, 0.2) is 5.65 Å². The number of fused-ring (bicyclic) bond motifs is 3. The van der Waals surface area contributed by atoms with Gasteiger partial charge in [-0.3, -0.25) is 4.90 Å². The summed E-state index contributed by atoms with van der Waals surface area (Å²) < 4.78 is 5.57. The molecule has 10 nitrogen and oxygen atoms in total. The third-order valence-corrected chi connectivity index (χ3v) is 11.9. The van der Waals surface area contributed by atoms with Crippen molar-refractivity contribution in [3.8, 4) is 17.0 Å². The topological polar surface area (TPSA) is 101 Å². The first-order valence-corrected chi connectivity index (χ1v) is 17.9. The highest BCUT2D eigenvalue weighted by molar-refractivity contribution is 5.86. The summed E-state index contributed by atoms with van der Waals surface area (Å²) in [5.41, 5.74) is 4.84. The van der Waals surface area contributed by atoms with Crippen molar-refractivity contribution in [3.05, 3.63) is 41.6 Å². The molecule has 1 amide bonds. The number of aromatic amines is 1. The molecule has 8 rings (SSSR count). The maximum atomic E-state index is 12.4. The Balaban J connectivity index is 0.825. The van der Waals surface area contributed by atoms with E-state index in [-0.39, 0.29) is 11.8 Å². The van der Waals surface area contributed by atoms with E-state index in [9.17, 15) is 9.90 Å². The second kappa shape index (κ2) is 11.7. The zero-order chi connectivity index (χ0) is 32.5. The van der Waals surface area contributed by atoms with Gasteiger partial charge in [0.05, 0.1) is 5.69 Å². The van der Waals surface area contributed by atoms with Gasteiger partial charge in [-0.25, -0.2) is 4.79 Å². The van der Waals surface area contributed by atoms with Gasteiger partial charge in [-0.1, -0.05) is 12.1 Å². The van der Waals surface area contributed by atoms with Gasteiger partial charge in [0.2, 0.25) is 0 Å². The fraction of sp³-hybridized carbons (Fsp3) is 0.649. The van der Waals surface area contributed by atoms with Crippen LogP contribution < -0.4 is 0 Å². The quantitative estimate of drug-likeness (QED) is 0.381. The molecule has 252 valence electrons. The van der Waals surface area contributed by atoms with Crippen LogP contribution >= 0.6 is 0 Å². The largest absolute Gasteiger partial charge is 0.507 e. The number of H-pyrrole nitrogens is 1.